The summed E-state index contributed by atoms with van der Waals surface area (Å²) in [7, 11) is 1.39. The first-order valence-corrected chi connectivity index (χ1v) is 4.13. The van der Waals surface area contributed by atoms with E-state index in [1.807, 2.05) is 0 Å². The average Bonchev–Trinajstić information content (AvgIpc) is 2.15. The molecule has 0 saturated heterocycles. The number of hydrogen-bond acceptors (Lipinski definition) is 3. The van der Waals surface area contributed by atoms with Crippen LogP contribution in [0.4, 0.5) is 13.2 Å². The number of pyridine rings is 1. The molecule has 0 spiro atoms. The zero-order valence-corrected chi connectivity index (χ0v) is 8.26. The van der Waals surface area contributed by atoms with Crippen molar-refractivity contribution in [1.82, 2.24) is 4.98 Å². The number of halogens is 3. The second-order valence-electron chi connectivity index (χ2n) is 2.88. The number of aryl methyl sites for hydroxylation is 1. The maximum atomic E-state index is 11.8. The topological polar surface area (TPSA) is 31.4 Å². The second kappa shape index (κ2) is 4.37. The molecule has 1 aromatic heterocycles. The van der Waals surface area contributed by atoms with Crippen LogP contribution in [0.5, 0.6) is 11.8 Å². The molecule has 0 bridgehead atoms. The minimum absolute atomic E-state index is 0.102. The fourth-order valence-corrected chi connectivity index (χ4v) is 0.936. The molecule has 3 nitrogen and oxygen atoms in total. The van der Waals surface area contributed by atoms with Gasteiger partial charge in [-0.3, -0.25) is 0 Å². The van der Waals surface area contributed by atoms with Crippen molar-refractivity contribution in [1.29, 1.82) is 0 Å². The second-order valence-corrected chi connectivity index (χ2v) is 2.88. The first kappa shape index (κ1) is 11.6. The maximum absolute atomic E-state index is 11.8. The van der Waals surface area contributed by atoms with Crippen molar-refractivity contribution < 1.29 is 22.6 Å². The van der Waals surface area contributed by atoms with Gasteiger partial charge >= 0.3 is 6.18 Å². The van der Waals surface area contributed by atoms with E-state index in [2.05, 4.69) is 9.72 Å². The van der Waals surface area contributed by atoms with Gasteiger partial charge in [0.1, 0.15) is 0 Å². The maximum Gasteiger partial charge on any atom is 0.422 e. The molecule has 1 heterocycles. The van der Waals surface area contributed by atoms with E-state index in [0.717, 1.165) is 5.56 Å². The Labute approximate surface area is 84.8 Å². The van der Waals surface area contributed by atoms with Gasteiger partial charge in [0.25, 0.3) is 0 Å². The molecule has 1 rings (SSSR count). The van der Waals surface area contributed by atoms with Crippen LogP contribution in [0, 0.1) is 6.92 Å². The van der Waals surface area contributed by atoms with E-state index in [9.17, 15) is 13.2 Å². The number of methoxy groups -OCH3 is 1. The quantitative estimate of drug-likeness (QED) is 0.785. The number of aromatic nitrogens is 1. The summed E-state index contributed by atoms with van der Waals surface area (Å²) in [6.45, 7) is 0.381. The summed E-state index contributed by atoms with van der Waals surface area (Å²) in [5, 5.41) is 0. The molecule has 0 aliphatic rings. The van der Waals surface area contributed by atoms with Gasteiger partial charge in [0.05, 0.1) is 7.11 Å². The summed E-state index contributed by atoms with van der Waals surface area (Å²) in [4.78, 5) is 3.75. The average molecular weight is 221 g/mol. The zero-order valence-electron chi connectivity index (χ0n) is 8.26. The Morgan fingerprint density at radius 3 is 2.53 bits per heavy atom. The van der Waals surface area contributed by atoms with Gasteiger partial charge in [-0.2, -0.15) is 18.2 Å². The number of rotatable bonds is 3. The molecule has 0 aromatic carbocycles. The minimum atomic E-state index is -4.36. The lowest BCUT2D eigenvalue weighted by Gasteiger charge is -2.09. The predicted molar refractivity (Wildman–Crippen MR) is 47.1 cm³/mol. The summed E-state index contributed by atoms with van der Waals surface area (Å²) >= 11 is 0. The van der Waals surface area contributed by atoms with Crippen LogP contribution in [0.15, 0.2) is 12.1 Å². The Kier molecular flexibility index (Phi) is 3.39. The molecule has 0 fully saturated rings. The van der Waals surface area contributed by atoms with E-state index in [0.29, 0.717) is 0 Å². The van der Waals surface area contributed by atoms with Gasteiger partial charge in [-0.15, -0.1) is 0 Å². The standard InChI is InChI=1S/C9H10F3NO2/c1-6-3-4-7(13-8(6)14-2)15-5-9(10,11)12/h3-4H,5H2,1-2H3. The van der Waals surface area contributed by atoms with Gasteiger partial charge in [0.2, 0.25) is 11.8 Å². The van der Waals surface area contributed by atoms with Crippen LogP contribution in [0.2, 0.25) is 0 Å². The summed E-state index contributed by atoms with van der Waals surface area (Å²) in [6, 6.07) is 2.95. The highest BCUT2D eigenvalue weighted by atomic mass is 19.4. The zero-order chi connectivity index (χ0) is 11.5. The number of nitrogens with zero attached hydrogens (tertiary/aromatic N) is 1. The molecule has 0 atom stereocenters. The Hall–Kier alpha value is -1.46. The van der Waals surface area contributed by atoms with E-state index in [1.54, 1.807) is 13.0 Å². The normalized spacial score (nSPS) is 11.3. The predicted octanol–water partition coefficient (Wildman–Crippen LogP) is 2.34. The Morgan fingerprint density at radius 2 is 2.00 bits per heavy atom. The number of alkyl halides is 3. The first-order valence-electron chi connectivity index (χ1n) is 4.13. The summed E-state index contributed by atoms with van der Waals surface area (Å²) < 4.78 is 44.8. The Morgan fingerprint density at radius 1 is 1.33 bits per heavy atom. The van der Waals surface area contributed by atoms with Crippen molar-refractivity contribution in [3.05, 3.63) is 17.7 Å². The molecule has 0 N–H and O–H groups in total. The van der Waals surface area contributed by atoms with Crippen molar-refractivity contribution in [2.45, 2.75) is 13.1 Å². The Balaban J connectivity index is 2.70. The van der Waals surface area contributed by atoms with Crippen molar-refractivity contribution in [2.24, 2.45) is 0 Å². The molecule has 15 heavy (non-hydrogen) atoms. The molecule has 0 aliphatic heterocycles. The summed E-state index contributed by atoms with van der Waals surface area (Å²) in [6.07, 6.45) is -4.36. The molecule has 0 amide bonds. The molecule has 0 unspecified atom stereocenters. The third-order valence-corrected chi connectivity index (χ3v) is 1.60. The fourth-order valence-electron chi connectivity index (χ4n) is 0.936. The van der Waals surface area contributed by atoms with E-state index >= 15 is 0 Å². The molecule has 84 valence electrons. The van der Waals surface area contributed by atoms with Gasteiger partial charge in [-0.25, -0.2) is 0 Å². The minimum Gasteiger partial charge on any atom is -0.481 e. The lowest BCUT2D eigenvalue weighted by Crippen LogP contribution is -2.19. The lowest BCUT2D eigenvalue weighted by atomic mass is 10.3. The molecular weight excluding hydrogens is 211 g/mol. The highest BCUT2D eigenvalue weighted by Gasteiger charge is 2.28. The third kappa shape index (κ3) is 3.65. The van der Waals surface area contributed by atoms with E-state index in [-0.39, 0.29) is 11.8 Å². The molecule has 0 aliphatic carbocycles. The van der Waals surface area contributed by atoms with Crippen LogP contribution in [0.3, 0.4) is 0 Å². The number of hydrogen-bond donors (Lipinski definition) is 0. The lowest BCUT2D eigenvalue weighted by molar-refractivity contribution is -0.154. The van der Waals surface area contributed by atoms with E-state index in [1.165, 1.54) is 13.2 Å². The van der Waals surface area contributed by atoms with Crippen molar-refractivity contribution in [3.63, 3.8) is 0 Å². The molecule has 0 saturated carbocycles. The smallest absolute Gasteiger partial charge is 0.422 e. The van der Waals surface area contributed by atoms with Crippen LogP contribution >= 0.6 is 0 Å². The fraction of sp³-hybridized carbons (Fsp3) is 0.444. The van der Waals surface area contributed by atoms with Crippen LogP contribution in [0.25, 0.3) is 0 Å². The highest BCUT2D eigenvalue weighted by molar-refractivity contribution is 5.29. The molecule has 6 heteroatoms. The van der Waals surface area contributed by atoms with Crippen LogP contribution in [0.1, 0.15) is 5.56 Å². The largest absolute Gasteiger partial charge is 0.481 e. The third-order valence-electron chi connectivity index (χ3n) is 1.60. The Bertz CT molecular complexity index is 339. The van der Waals surface area contributed by atoms with Gasteiger partial charge in [0, 0.05) is 11.6 Å². The summed E-state index contributed by atoms with van der Waals surface area (Å²) in [5.74, 6) is 0.157. The van der Waals surface area contributed by atoms with Crippen LogP contribution in [-0.4, -0.2) is 24.9 Å². The summed E-state index contributed by atoms with van der Waals surface area (Å²) in [5.41, 5.74) is 0.733. The SMILES string of the molecule is COc1nc(OCC(F)(F)F)ccc1C. The van der Waals surface area contributed by atoms with E-state index < -0.39 is 12.8 Å². The van der Waals surface area contributed by atoms with Crippen molar-refractivity contribution >= 4 is 0 Å². The van der Waals surface area contributed by atoms with Crippen molar-refractivity contribution in [2.75, 3.05) is 13.7 Å². The monoisotopic (exact) mass is 221 g/mol. The first-order chi connectivity index (χ1) is 6.92. The molecule has 0 radical (unpaired) electrons. The van der Waals surface area contributed by atoms with Crippen LogP contribution in [-0.2, 0) is 0 Å². The molecular formula is C9H10F3NO2. The van der Waals surface area contributed by atoms with E-state index in [4.69, 9.17) is 4.74 Å². The van der Waals surface area contributed by atoms with Gasteiger partial charge in [-0.1, -0.05) is 0 Å². The number of ether oxygens (including phenoxy) is 2. The van der Waals surface area contributed by atoms with Crippen molar-refractivity contribution in [3.8, 4) is 11.8 Å². The highest BCUT2D eigenvalue weighted by Crippen LogP contribution is 2.21. The van der Waals surface area contributed by atoms with Gasteiger partial charge < -0.3 is 9.47 Å². The van der Waals surface area contributed by atoms with Gasteiger partial charge in [-0.05, 0) is 13.0 Å². The van der Waals surface area contributed by atoms with Gasteiger partial charge in [0.15, 0.2) is 6.61 Å². The molecule has 1 aromatic rings. The van der Waals surface area contributed by atoms with Crippen LogP contribution < -0.4 is 9.47 Å².